The van der Waals surface area contributed by atoms with Crippen molar-refractivity contribution in [1.29, 1.82) is 0 Å². The predicted molar refractivity (Wildman–Crippen MR) is 87.1 cm³/mol. The number of piperazine rings is 1. The summed E-state index contributed by atoms with van der Waals surface area (Å²) in [4.78, 5) is 16.3. The summed E-state index contributed by atoms with van der Waals surface area (Å²) in [5, 5.41) is 12.5. The van der Waals surface area contributed by atoms with E-state index in [1.165, 1.54) is 0 Å². The van der Waals surface area contributed by atoms with Crippen LogP contribution in [0, 0.1) is 0 Å². The molecule has 2 heterocycles. The van der Waals surface area contributed by atoms with Gasteiger partial charge in [-0.2, -0.15) is 0 Å². The molecule has 2 aliphatic rings. The fraction of sp³-hybridized carbons (Fsp3) is 0.588. The largest absolute Gasteiger partial charge is 0.445 e. The molecular weight excluding hydrogens is 294 g/mol. The lowest BCUT2D eigenvalue weighted by molar-refractivity contribution is 0.0616. The molecule has 0 radical (unpaired) electrons. The highest BCUT2D eigenvalue weighted by molar-refractivity contribution is 5.67. The second kappa shape index (κ2) is 7.77. The second-order valence-corrected chi connectivity index (χ2v) is 6.24. The number of amides is 1. The van der Waals surface area contributed by atoms with Crippen LogP contribution in [0.3, 0.4) is 0 Å². The normalized spacial score (nSPS) is 25.5. The van der Waals surface area contributed by atoms with Gasteiger partial charge in [-0.1, -0.05) is 30.3 Å². The Balaban J connectivity index is 1.41. The van der Waals surface area contributed by atoms with Crippen molar-refractivity contribution in [3.63, 3.8) is 0 Å². The van der Waals surface area contributed by atoms with E-state index in [1.54, 1.807) is 4.90 Å². The number of carbonyl (C=O) groups excluding carboxylic acids is 1. The van der Waals surface area contributed by atoms with Crippen molar-refractivity contribution in [3.8, 4) is 0 Å². The second-order valence-electron chi connectivity index (χ2n) is 6.24. The van der Waals surface area contributed by atoms with Crippen LogP contribution < -0.4 is 5.32 Å². The Morgan fingerprint density at radius 1 is 1.22 bits per heavy atom. The standard InChI is InChI=1S/C17H25N3O3/c21-12-15-10-16(11-18-15)19-6-8-20(9-7-19)17(22)23-13-14-4-2-1-3-5-14/h1-5,15-16,18,21H,6-13H2/t15-,16-/m0/s1. The third kappa shape index (κ3) is 4.22. The molecule has 2 saturated heterocycles. The fourth-order valence-electron chi connectivity index (χ4n) is 3.30. The zero-order valence-corrected chi connectivity index (χ0v) is 13.4. The minimum Gasteiger partial charge on any atom is -0.445 e. The van der Waals surface area contributed by atoms with Gasteiger partial charge >= 0.3 is 6.09 Å². The summed E-state index contributed by atoms with van der Waals surface area (Å²) in [6.07, 6.45) is 0.751. The van der Waals surface area contributed by atoms with Gasteiger partial charge in [0.1, 0.15) is 6.61 Å². The summed E-state index contributed by atoms with van der Waals surface area (Å²) < 4.78 is 5.39. The van der Waals surface area contributed by atoms with Crippen molar-refractivity contribution in [2.24, 2.45) is 0 Å². The van der Waals surface area contributed by atoms with Crippen LogP contribution in [-0.4, -0.2) is 72.4 Å². The third-order valence-corrected chi connectivity index (χ3v) is 4.71. The topological polar surface area (TPSA) is 65.0 Å². The van der Waals surface area contributed by atoms with E-state index in [4.69, 9.17) is 4.74 Å². The van der Waals surface area contributed by atoms with Crippen molar-refractivity contribution in [3.05, 3.63) is 35.9 Å². The highest BCUT2D eigenvalue weighted by atomic mass is 16.6. The molecule has 1 aromatic rings. The average molecular weight is 319 g/mol. The van der Waals surface area contributed by atoms with Crippen molar-refractivity contribution in [2.75, 3.05) is 39.3 Å². The Kier molecular flexibility index (Phi) is 5.48. The first-order valence-corrected chi connectivity index (χ1v) is 8.30. The summed E-state index contributed by atoms with van der Waals surface area (Å²) in [6, 6.07) is 10.4. The molecular formula is C17H25N3O3. The first-order valence-electron chi connectivity index (χ1n) is 8.30. The van der Waals surface area contributed by atoms with Gasteiger partial charge < -0.3 is 20.1 Å². The number of hydrogen-bond acceptors (Lipinski definition) is 5. The summed E-state index contributed by atoms with van der Waals surface area (Å²) in [7, 11) is 0. The van der Waals surface area contributed by atoms with Gasteiger partial charge in [0.2, 0.25) is 0 Å². The van der Waals surface area contributed by atoms with Crippen LogP contribution in [0.5, 0.6) is 0 Å². The van der Waals surface area contributed by atoms with Crippen molar-refractivity contribution < 1.29 is 14.6 Å². The van der Waals surface area contributed by atoms with Gasteiger partial charge in [-0.15, -0.1) is 0 Å². The fourth-order valence-corrected chi connectivity index (χ4v) is 3.30. The lowest BCUT2D eigenvalue weighted by Crippen LogP contribution is -2.52. The van der Waals surface area contributed by atoms with E-state index in [9.17, 15) is 9.90 Å². The van der Waals surface area contributed by atoms with Crippen LogP contribution in [0.2, 0.25) is 0 Å². The third-order valence-electron chi connectivity index (χ3n) is 4.71. The van der Waals surface area contributed by atoms with Gasteiger partial charge in [-0.3, -0.25) is 4.90 Å². The summed E-state index contributed by atoms with van der Waals surface area (Å²) in [6.45, 7) is 4.58. The molecule has 126 valence electrons. The van der Waals surface area contributed by atoms with Crippen molar-refractivity contribution in [2.45, 2.75) is 25.1 Å². The lowest BCUT2D eigenvalue weighted by Gasteiger charge is -2.37. The molecule has 0 bridgehead atoms. The lowest BCUT2D eigenvalue weighted by atomic mass is 10.1. The summed E-state index contributed by atoms with van der Waals surface area (Å²) in [5.41, 5.74) is 1.01. The number of aliphatic hydroxyl groups is 1. The Hall–Kier alpha value is -1.63. The molecule has 2 fully saturated rings. The van der Waals surface area contributed by atoms with Crippen LogP contribution in [0.4, 0.5) is 4.79 Å². The maximum atomic E-state index is 12.1. The number of nitrogens with one attached hydrogen (secondary N) is 1. The van der Waals surface area contributed by atoms with E-state index in [0.29, 0.717) is 25.7 Å². The Morgan fingerprint density at radius 2 is 1.96 bits per heavy atom. The van der Waals surface area contributed by atoms with Crippen molar-refractivity contribution >= 4 is 6.09 Å². The predicted octanol–water partition coefficient (Wildman–Crippen LogP) is 0.664. The van der Waals surface area contributed by atoms with Crippen LogP contribution in [0.15, 0.2) is 30.3 Å². The average Bonchev–Trinajstić information content (AvgIpc) is 3.10. The Labute approximate surface area is 137 Å². The molecule has 2 N–H and O–H groups in total. The number of rotatable bonds is 4. The number of aliphatic hydroxyl groups excluding tert-OH is 1. The maximum Gasteiger partial charge on any atom is 0.410 e. The molecule has 3 rings (SSSR count). The number of carbonyl (C=O) groups is 1. The minimum absolute atomic E-state index is 0.197. The monoisotopic (exact) mass is 319 g/mol. The highest BCUT2D eigenvalue weighted by Crippen LogP contribution is 2.16. The number of hydrogen-bond donors (Lipinski definition) is 2. The SMILES string of the molecule is O=C(OCc1ccccc1)N1CCN([C@@H]2CN[C@H](CO)C2)CC1. The van der Waals surface area contributed by atoms with Gasteiger partial charge in [0, 0.05) is 44.8 Å². The molecule has 23 heavy (non-hydrogen) atoms. The van der Waals surface area contributed by atoms with Crippen LogP contribution in [0.1, 0.15) is 12.0 Å². The molecule has 6 nitrogen and oxygen atoms in total. The molecule has 2 atom stereocenters. The maximum absolute atomic E-state index is 12.1. The molecule has 6 heteroatoms. The quantitative estimate of drug-likeness (QED) is 0.854. The van der Waals surface area contributed by atoms with E-state index >= 15 is 0 Å². The first-order chi connectivity index (χ1) is 11.3. The van der Waals surface area contributed by atoms with E-state index < -0.39 is 0 Å². The van der Waals surface area contributed by atoms with E-state index in [2.05, 4.69) is 10.2 Å². The first kappa shape index (κ1) is 16.2. The molecule has 0 aliphatic carbocycles. The smallest absolute Gasteiger partial charge is 0.410 e. The van der Waals surface area contributed by atoms with E-state index in [1.807, 2.05) is 30.3 Å². The molecule has 1 aromatic carbocycles. The molecule has 1 amide bonds. The van der Waals surface area contributed by atoms with Crippen LogP contribution >= 0.6 is 0 Å². The van der Waals surface area contributed by atoms with E-state index in [-0.39, 0.29) is 18.7 Å². The van der Waals surface area contributed by atoms with Crippen LogP contribution in [-0.2, 0) is 11.3 Å². The minimum atomic E-state index is -0.230. The molecule has 0 saturated carbocycles. The zero-order chi connectivity index (χ0) is 16.1. The number of ether oxygens (including phenoxy) is 1. The Morgan fingerprint density at radius 3 is 2.61 bits per heavy atom. The van der Waals surface area contributed by atoms with Gasteiger partial charge in [0.15, 0.2) is 0 Å². The van der Waals surface area contributed by atoms with Gasteiger partial charge in [-0.25, -0.2) is 4.79 Å². The van der Waals surface area contributed by atoms with Gasteiger partial charge in [-0.05, 0) is 12.0 Å². The van der Waals surface area contributed by atoms with Gasteiger partial charge in [0.05, 0.1) is 6.61 Å². The number of nitrogens with zero attached hydrogens (tertiary/aromatic N) is 2. The molecule has 0 spiro atoms. The summed E-state index contributed by atoms with van der Waals surface area (Å²) in [5.74, 6) is 0. The number of benzene rings is 1. The van der Waals surface area contributed by atoms with Crippen molar-refractivity contribution in [1.82, 2.24) is 15.1 Å². The summed E-state index contributed by atoms with van der Waals surface area (Å²) >= 11 is 0. The van der Waals surface area contributed by atoms with E-state index in [0.717, 1.165) is 31.6 Å². The zero-order valence-electron chi connectivity index (χ0n) is 13.4. The van der Waals surface area contributed by atoms with Gasteiger partial charge in [0.25, 0.3) is 0 Å². The molecule has 0 aromatic heterocycles. The molecule has 2 aliphatic heterocycles. The highest BCUT2D eigenvalue weighted by Gasteiger charge is 2.31. The molecule has 0 unspecified atom stereocenters. The van der Waals surface area contributed by atoms with Crippen LogP contribution in [0.25, 0.3) is 0 Å². The Bertz CT molecular complexity index is 503.